The highest BCUT2D eigenvalue weighted by Gasteiger charge is 2.43. The van der Waals surface area contributed by atoms with E-state index in [0.717, 1.165) is 68.2 Å². The van der Waals surface area contributed by atoms with Crippen LogP contribution < -0.4 is 20.9 Å². The van der Waals surface area contributed by atoms with Crippen LogP contribution in [0.15, 0.2) is 67.3 Å². The van der Waals surface area contributed by atoms with E-state index >= 15 is 0 Å². The number of amides is 2. The molecule has 4 aromatic rings. The topological polar surface area (TPSA) is 146 Å². The largest absolute Gasteiger partial charge is 0.378 e. The summed E-state index contributed by atoms with van der Waals surface area (Å²) in [5, 5.41) is 24.1. The van der Waals surface area contributed by atoms with Crippen LogP contribution in [0.2, 0.25) is 0 Å². The number of nitrogens with one attached hydrogen (secondary N) is 3. The van der Waals surface area contributed by atoms with Crippen LogP contribution in [0, 0.1) is 17.2 Å². The number of pyridine rings is 1. The molecule has 3 N–H and O–H groups in total. The molecule has 7 rings (SSSR count). The molecule has 3 aromatic heterocycles. The summed E-state index contributed by atoms with van der Waals surface area (Å²) in [6.45, 7) is 1.27. The molecule has 3 unspecified atom stereocenters. The van der Waals surface area contributed by atoms with Crippen molar-refractivity contribution in [1.82, 2.24) is 30.0 Å². The second kappa shape index (κ2) is 13.8. The van der Waals surface area contributed by atoms with Gasteiger partial charge in [0.15, 0.2) is 0 Å². The summed E-state index contributed by atoms with van der Waals surface area (Å²) in [5.41, 5.74) is 3.40. The number of nitriles is 1. The third-order valence-corrected chi connectivity index (χ3v) is 9.66. The van der Waals surface area contributed by atoms with Crippen LogP contribution in [0.3, 0.4) is 0 Å². The van der Waals surface area contributed by atoms with Gasteiger partial charge in [-0.3, -0.25) is 9.58 Å². The van der Waals surface area contributed by atoms with Crippen LogP contribution in [0.4, 0.5) is 22.4 Å². The van der Waals surface area contributed by atoms with Crippen molar-refractivity contribution < 1.29 is 9.53 Å². The van der Waals surface area contributed by atoms with Gasteiger partial charge >= 0.3 is 6.03 Å². The molecule has 1 aromatic carbocycles. The average molecular weight is 633 g/mol. The molecule has 1 aliphatic heterocycles. The number of benzene rings is 1. The molecule has 2 amide bonds. The second-order valence-electron chi connectivity index (χ2n) is 12.7. The van der Waals surface area contributed by atoms with Gasteiger partial charge < -0.3 is 20.7 Å². The molecule has 2 aliphatic carbocycles. The Morgan fingerprint density at radius 3 is 2.60 bits per heavy atom. The number of hydrogen-bond donors (Lipinski definition) is 3. The summed E-state index contributed by atoms with van der Waals surface area (Å²) < 4.78 is 7.63. The third-order valence-electron chi connectivity index (χ3n) is 9.66. The van der Waals surface area contributed by atoms with Crippen molar-refractivity contribution >= 4 is 23.6 Å². The van der Waals surface area contributed by atoms with Crippen LogP contribution in [0.5, 0.6) is 0 Å². The van der Waals surface area contributed by atoms with Gasteiger partial charge in [0.1, 0.15) is 23.3 Å². The van der Waals surface area contributed by atoms with Crippen LogP contribution in [0.25, 0.3) is 11.1 Å². The van der Waals surface area contributed by atoms with E-state index in [-0.39, 0.29) is 24.2 Å². The average Bonchev–Trinajstić information content (AvgIpc) is 3.54. The Kier molecular flexibility index (Phi) is 8.97. The molecule has 47 heavy (non-hydrogen) atoms. The Labute approximate surface area is 274 Å². The van der Waals surface area contributed by atoms with Crippen LogP contribution in [0.1, 0.15) is 56.1 Å². The van der Waals surface area contributed by atoms with Crippen molar-refractivity contribution in [3.05, 3.63) is 78.4 Å². The first-order chi connectivity index (χ1) is 23.0. The van der Waals surface area contributed by atoms with Crippen molar-refractivity contribution in [3.63, 3.8) is 0 Å². The number of carbonyl (C=O) groups is 1. The maximum absolute atomic E-state index is 13.7. The van der Waals surface area contributed by atoms with Crippen LogP contribution in [-0.4, -0.2) is 61.6 Å². The van der Waals surface area contributed by atoms with E-state index in [9.17, 15) is 10.1 Å². The zero-order valence-electron chi connectivity index (χ0n) is 26.5. The van der Waals surface area contributed by atoms with Gasteiger partial charge in [-0.25, -0.2) is 14.8 Å². The van der Waals surface area contributed by atoms with E-state index < -0.39 is 0 Å². The van der Waals surface area contributed by atoms with E-state index in [1.165, 1.54) is 0 Å². The maximum Gasteiger partial charge on any atom is 0.323 e. The van der Waals surface area contributed by atoms with Crippen molar-refractivity contribution in [3.8, 4) is 17.2 Å². The number of urea groups is 1. The lowest BCUT2D eigenvalue weighted by molar-refractivity contribution is -0.0898. The Morgan fingerprint density at radius 2 is 1.87 bits per heavy atom. The third kappa shape index (κ3) is 6.90. The Morgan fingerprint density at radius 1 is 1.02 bits per heavy atom. The van der Waals surface area contributed by atoms with Crippen LogP contribution >= 0.6 is 0 Å². The zero-order chi connectivity index (χ0) is 32.2. The zero-order valence-corrected chi connectivity index (χ0v) is 26.5. The molecule has 0 radical (unpaired) electrons. The van der Waals surface area contributed by atoms with E-state index in [1.54, 1.807) is 23.3 Å². The summed E-state index contributed by atoms with van der Waals surface area (Å²) >= 11 is 0. The molecule has 12 nitrogen and oxygen atoms in total. The Hall–Kier alpha value is -5.02. The van der Waals surface area contributed by atoms with Gasteiger partial charge in [0, 0.05) is 67.8 Å². The molecule has 4 heterocycles. The number of carbonyl (C=O) groups excluding carboxylic acids is 1. The van der Waals surface area contributed by atoms with Gasteiger partial charge in [-0.2, -0.15) is 15.3 Å². The molecule has 0 spiro atoms. The Balaban J connectivity index is 1.02. The molecule has 3 fully saturated rings. The maximum atomic E-state index is 13.7. The van der Waals surface area contributed by atoms with Crippen molar-refractivity contribution in [2.45, 2.75) is 75.7 Å². The first kappa shape index (κ1) is 30.6. The highest BCUT2D eigenvalue weighted by molar-refractivity contribution is 5.91. The molecular formula is C35H40N10O2. The first-order valence-electron chi connectivity index (χ1n) is 16.5. The number of anilines is 3. The minimum atomic E-state index is -0.167. The smallest absolute Gasteiger partial charge is 0.323 e. The number of fused-ring (bicyclic) bond motifs is 1. The number of ether oxygens (including phenoxy) is 1. The lowest BCUT2D eigenvalue weighted by Gasteiger charge is -2.47. The normalized spacial score (nSPS) is 23.4. The highest BCUT2D eigenvalue weighted by Crippen LogP contribution is 2.39. The molecule has 3 atom stereocenters. The number of aromatic nitrogens is 5. The van der Waals surface area contributed by atoms with Crippen molar-refractivity contribution in [1.29, 1.82) is 5.26 Å². The number of aryl methyl sites for hydroxylation is 1. The fourth-order valence-electron chi connectivity index (χ4n) is 7.03. The molecule has 12 heteroatoms. The van der Waals surface area contributed by atoms with Gasteiger partial charge in [0.2, 0.25) is 5.95 Å². The van der Waals surface area contributed by atoms with Gasteiger partial charge in [0.05, 0.1) is 18.5 Å². The van der Waals surface area contributed by atoms with Gasteiger partial charge in [-0.1, -0.05) is 30.3 Å². The molecule has 2 saturated carbocycles. The van der Waals surface area contributed by atoms with E-state index in [1.807, 2.05) is 60.6 Å². The quantitative estimate of drug-likeness (QED) is 0.225. The SMILES string of the molecule is Cn1cc(-c2ccc(N(C(=O)NCc3ccccc3)[C@H]3CC[C@H](Nc4ncc(C#N)c(NC5CC6OCCCC56)n4)CC3)nc2)cn1. The minimum absolute atomic E-state index is 0.0241. The van der Waals surface area contributed by atoms with E-state index in [2.05, 4.69) is 32.1 Å². The van der Waals surface area contributed by atoms with Crippen LogP contribution in [-0.2, 0) is 18.3 Å². The lowest BCUT2D eigenvalue weighted by Crippen LogP contribution is -2.53. The van der Waals surface area contributed by atoms with E-state index in [0.29, 0.717) is 41.7 Å². The summed E-state index contributed by atoms with van der Waals surface area (Å²) in [6.07, 6.45) is 13.8. The first-order valence-corrected chi connectivity index (χ1v) is 16.5. The lowest BCUT2D eigenvalue weighted by atomic mass is 9.72. The molecule has 1 saturated heterocycles. The fourth-order valence-corrected chi connectivity index (χ4v) is 7.03. The summed E-state index contributed by atoms with van der Waals surface area (Å²) in [7, 11) is 1.88. The summed E-state index contributed by atoms with van der Waals surface area (Å²) in [4.78, 5) is 29.5. The number of rotatable bonds is 9. The monoisotopic (exact) mass is 632 g/mol. The molecular weight excluding hydrogens is 592 g/mol. The Bertz CT molecular complexity index is 1710. The summed E-state index contributed by atoms with van der Waals surface area (Å²) in [5.74, 6) is 2.17. The number of nitrogens with zero attached hydrogens (tertiary/aromatic N) is 7. The fraction of sp³-hybridized carbons (Fsp3) is 0.429. The van der Waals surface area contributed by atoms with Crippen molar-refractivity contribution in [2.24, 2.45) is 13.0 Å². The highest BCUT2D eigenvalue weighted by atomic mass is 16.5. The van der Waals surface area contributed by atoms with E-state index in [4.69, 9.17) is 14.7 Å². The molecule has 242 valence electrons. The van der Waals surface area contributed by atoms with Gasteiger partial charge in [0.25, 0.3) is 0 Å². The predicted molar refractivity (Wildman–Crippen MR) is 179 cm³/mol. The minimum Gasteiger partial charge on any atom is -0.378 e. The second-order valence-corrected chi connectivity index (χ2v) is 12.7. The molecule has 0 bridgehead atoms. The van der Waals surface area contributed by atoms with Gasteiger partial charge in [-0.05, 0) is 62.6 Å². The standard InChI is InChI=1S/C35H40N10O2/c1-44-22-26(21-40-44)24-9-14-32(37-19-24)45(35(46)39-18-23-6-3-2-4-7-23)28-12-10-27(11-13-28)41-34-38-20-25(17-36)33(43-34)42-30-16-31-29(30)8-5-15-47-31/h2-4,6-7,9,14,19-22,27-31H,5,8,10-13,15-16,18H2,1H3,(H,39,46)(H2,38,41,42,43)/t27-,28-,29?,30?,31?. The number of hydrogen-bond acceptors (Lipinski definition) is 9. The van der Waals surface area contributed by atoms with Crippen molar-refractivity contribution in [2.75, 3.05) is 22.1 Å². The summed E-state index contributed by atoms with van der Waals surface area (Å²) in [6, 6.07) is 16.3. The predicted octanol–water partition coefficient (Wildman–Crippen LogP) is 5.26. The van der Waals surface area contributed by atoms with Gasteiger partial charge in [-0.15, -0.1) is 0 Å². The molecule has 3 aliphatic rings.